The molecule has 5 heteroatoms. The lowest BCUT2D eigenvalue weighted by Crippen LogP contribution is -2.34. The van der Waals surface area contributed by atoms with Gasteiger partial charge in [-0.1, -0.05) is 15.9 Å². The number of aromatic nitrogens is 2. The predicted octanol–water partition coefficient (Wildman–Crippen LogP) is 0.989. The van der Waals surface area contributed by atoms with Crippen molar-refractivity contribution in [2.24, 2.45) is 7.05 Å². The molecule has 0 aliphatic rings. The quantitative estimate of drug-likeness (QED) is 0.713. The molecule has 0 unspecified atom stereocenters. The highest BCUT2D eigenvalue weighted by Crippen LogP contribution is 2.15. The molecule has 1 N–H and O–H groups in total. The normalized spacial score (nSPS) is 10.7. The van der Waals surface area contributed by atoms with Crippen LogP contribution in [-0.2, 0) is 7.05 Å². The highest BCUT2D eigenvalue weighted by molar-refractivity contribution is 9.10. The van der Waals surface area contributed by atoms with Crippen LogP contribution < -0.4 is 11.1 Å². The second kappa shape index (κ2) is 3.09. The van der Waals surface area contributed by atoms with E-state index in [2.05, 4.69) is 20.9 Å². The Morgan fingerprint density at radius 1 is 1.36 bits per heavy atom. The van der Waals surface area contributed by atoms with Crippen LogP contribution in [0, 0.1) is 0 Å². The molecular weight excluding hydrogens is 248 g/mol. The molecule has 0 atom stereocenters. The van der Waals surface area contributed by atoms with Crippen LogP contribution in [0.4, 0.5) is 0 Å². The summed E-state index contributed by atoms with van der Waals surface area (Å²) in [5, 5.41) is 0. The minimum absolute atomic E-state index is 0.546. The number of hydrogen-bond donors (Lipinski definition) is 1. The number of fused-ring (bicyclic) bond motifs is 1. The summed E-state index contributed by atoms with van der Waals surface area (Å²) in [5.74, 6) is 0. The molecule has 0 fully saturated rings. The molecular formula is C9H7BrN2O2. The molecule has 0 aliphatic heterocycles. The molecule has 2 rings (SSSR count). The van der Waals surface area contributed by atoms with Crippen LogP contribution >= 0.6 is 15.9 Å². The molecule has 2 aromatic rings. The average molecular weight is 255 g/mol. The summed E-state index contributed by atoms with van der Waals surface area (Å²) >= 11 is 3.30. The maximum Gasteiger partial charge on any atom is 0.316 e. The number of aromatic amines is 1. The summed E-state index contributed by atoms with van der Waals surface area (Å²) in [6.07, 6.45) is 0. The molecule has 0 aliphatic carbocycles. The second-order valence-electron chi connectivity index (χ2n) is 2.98. The van der Waals surface area contributed by atoms with Gasteiger partial charge in [-0.2, -0.15) is 0 Å². The fraction of sp³-hybridized carbons (Fsp3) is 0.111. The number of nitrogens with one attached hydrogen (secondary N) is 1. The first-order chi connectivity index (χ1) is 6.59. The molecule has 0 saturated heterocycles. The Kier molecular flexibility index (Phi) is 2.03. The summed E-state index contributed by atoms with van der Waals surface area (Å²) in [5.41, 5.74) is 0.210. The van der Waals surface area contributed by atoms with Gasteiger partial charge < -0.3 is 9.55 Å². The number of hydrogen-bond acceptors (Lipinski definition) is 2. The molecule has 72 valence electrons. The number of rotatable bonds is 0. The van der Waals surface area contributed by atoms with Crippen LogP contribution in [0.25, 0.3) is 11.0 Å². The van der Waals surface area contributed by atoms with E-state index in [0.717, 1.165) is 4.47 Å². The van der Waals surface area contributed by atoms with Gasteiger partial charge in [0.15, 0.2) is 0 Å². The molecule has 0 saturated carbocycles. The van der Waals surface area contributed by atoms with Gasteiger partial charge in [-0.3, -0.25) is 9.59 Å². The molecule has 0 radical (unpaired) electrons. The van der Waals surface area contributed by atoms with Gasteiger partial charge in [-0.05, 0) is 18.2 Å². The topological polar surface area (TPSA) is 54.9 Å². The Morgan fingerprint density at radius 2 is 2.07 bits per heavy atom. The van der Waals surface area contributed by atoms with Crippen molar-refractivity contribution in [2.45, 2.75) is 0 Å². The van der Waals surface area contributed by atoms with Crippen LogP contribution in [0.3, 0.4) is 0 Å². The smallest absolute Gasteiger partial charge is 0.316 e. The maximum atomic E-state index is 11.3. The Bertz CT molecular complexity index is 612. The third-order valence-corrected chi connectivity index (χ3v) is 2.56. The van der Waals surface area contributed by atoms with E-state index in [4.69, 9.17) is 0 Å². The molecule has 4 nitrogen and oxygen atoms in total. The van der Waals surface area contributed by atoms with Gasteiger partial charge in [-0.25, -0.2) is 0 Å². The zero-order valence-electron chi connectivity index (χ0n) is 7.37. The number of halogens is 1. The third-order valence-electron chi connectivity index (χ3n) is 2.07. The van der Waals surface area contributed by atoms with Gasteiger partial charge >= 0.3 is 11.1 Å². The van der Waals surface area contributed by atoms with Crippen LogP contribution in [0.1, 0.15) is 0 Å². The van der Waals surface area contributed by atoms with Gasteiger partial charge in [-0.15, -0.1) is 0 Å². The summed E-state index contributed by atoms with van der Waals surface area (Å²) in [7, 11) is 1.58. The van der Waals surface area contributed by atoms with E-state index in [1.165, 1.54) is 4.57 Å². The van der Waals surface area contributed by atoms with Crippen molar-refractivity contribution >= 4 is 27.0 Å². The average Bonchev–Trinajstić information content (AvgIpc) is 2.16. The molecule has 0 spiro atoms. The van der Waals surface area contributed by atoms with Crippen molar-refractivity contribution in [2.75, 3.05) is 0 Å². The standard InChI is InChI=1S/C9H7BrN2O2/c1-12-7-4-5(10)2-3-6(7)11-8(13)9(12)14/h2-4H,1H3,(H,11,13). The van der Waals surface area contributed by atoms with Crippen molar-refractivity contribution in [3.8, 4) is 0 Å². The monoisotopic (exact) mass is 254 g/mol. The van der Waals surface area contributed by atoms with Crippen LogP contribution in [-0.4, -0.2) is 9.55 Å². The summed E-state index contributed by atoms with van der Waals surface area (Å²) in [6, 6.07) is 5.34. The SMILES string of the molecule is Cn1c(=O)c(=O)[nH]c2ccc(Br)cc21. The lowest BCUT2D eigenvalue weighted by atomic mass is 10.3. The van der Waals surface area contributed by atoms with E-state index in [1.807, 2.05) is 6.07 Å². The Hall–Kier alpha value is -1.36. The van der Waals surface area contributed by atoms with Gasteiger partial charge in [0.1, 0.15) is 0 Å². The van der Waals surface area contributed by atoms with Gasteiger partial charge in [0.2, 0.25) is 0 Å². The second-order valence-corrected chi connectivity index (χ2v) is 3.90. The Morgan fingerprint density at radius 3 is 2.79 bits per heavy atom. The zero-order valence-corrected chi connectivity index (χ0v) is 8.96. The maximum absolute atomic E-state index is 11.3. The minimum atomic E-state index is -0.595. The van der Waals surface area contributed by atoms with E-state index < -0.39 is 11.1 Å². The lowest BCUT2D eigenvalue weighted by Gasteiger charge is -2.03. The Balaban J connectivity index is 3.07. The number of aryl methyl sites for hydroxylation is 1. The van der Waals surface area contributed by atoms with Crippen LogP contribution in [0.15, 0.2) is 32.3 Å². The van der Waals surface area contributed by atoms with Crippen molar-refractivity contribution in [1.82, 2.24) is 9.55 Å². The molecule has 14 heavy (non-hydrogen) atoms. The molecule has 1 aromatic heterocycles. The van der Waals surface area contributed by atoms with E-state index in [0.29, 0.717) is 11.0 Å². The first-order valence-corrected chi connectivity index (χ1v) is 4.77. The largest absolute Gasteiger partial charge is 0.316 e. The molecule has 1 heterocycles. The number of benzene rings is 1. The van der Waals surface area contributed by atoms with E-state index in [9.17, 15) is 9.59 Å². The number of nitrogens with zero attached hydrogens (tertiary/aromatic N) is 1. The van der Waals surface area contributed by atoms with E-state index >= 15 is 0 Å². The van der Waals surface area contributed by atoms with Gasteiger partial charge in [0.25, 0.3) is 0 Å². The minimum Gasteiger partial charge on any atom is -0.316 e. The Labute approximate surface area is 87.3 Å². The third kappa shape index (κ3) is 1.29. The first-order valence-electron chi connectivity index (χ1n) is 3.98. The van der Waals surface area contributed by atoms with Gasteiger partial charge in [0.05, 0.1) is 11.0 Å². The van der Waals surface area contributed by atoms with Crippen molar-refractivity contribution < 1.29 is 0 Å². The molecule has 0 amide bonds. The van der Waals surface area contributed by atoms with Crippen LogP contribution in [0.2, 0.25) is 0 Å². The first kappa shape index (κ1) is 9.21. The lowest BCUT2D eigenvalue weighted by molar-refractivity contribution is 0.873. The predicted molar refractivity (Wildman–Crippen MR) is 57.5 cm³/mol. The van der Waals surface area contributed by atoms with E-state index in [-0.39, 0.29) is 0 Å². The highest BCUT2D eigenvalue weighted by atomic mass is 79.9. The molecule has 0 bridgehead atoms. The van der Waals surface area contributed by atoms with Crippen molar-refractivity contribution in [3.63, 3.8) is 0 Å². The fourth-order valence-electron chi connectivity index (χ4n) is 1.33. The van der Waals surface area contributed by atoms with Crippen molar-refractivity contribution in [1.29, 1.82) is 0 Å². The fourth-order valence-corrected chi connectivity index (χ4v) is 1.67. The summed E-state index contributed by atoms with van der Waals surface area (Å²) in [4.78, 5) is 25.0. The van der Waals surface area contributed by atoms with Gasteiger partial charge in [0, 0.05) is 11.5 Å². The van der Waals surface area contributed by atoms with Crippen LogP contribution in [0.5, 0.6) is 0 Å². The van der Waals surface area contributed by atoms with Crippen molar-refractivity contribution in [3.05, 3.63) is 43.4 Å². The van der Waals surface area contributed by atoms with E-state index in [1.54, 1.807) is 19.2 Å². The highest BCUT2D eigenvalue weighted by Gasteiger charge is 2.03. The summed E-state index contributed by atoms with van der Waals surface area (Å²) < 4.78 is 2.20. The number of H-pyrrole nitrogens is 1. The zero-order chi connectivity index (χ0) is 10.3. The molecule has 1 aromatic carbocycles. The summed E-state index contributed by atoms with van der Waals surface area (Å²) in [6.45, 7) is 0.